The van der Waals surface area contributed by atoms with E-state index in [9.17, 15) is 19.8 Å². The normalized spacial score (nSPS) is 12.9. The maximum atomic E-state index is 12.5. The summed E-state index contributed by atoms with van der Waals surface area (Å²) >= 11 is 0. The van der Waals surface area contributed by atoms with Gasteiger partial charge in [0.2, 0.25) is 5.91 Å². The third kappa shape index (κ3) is 53.2. The van der Waals surface area contributed by atoms with Gasteiger partial charge in [-0.3, -0.25) is 9.59 Å². The maximum absolute atomic E-state index is 12.5. The number of nitrogens with one attached hydrogen (secondary N) is 1. The molecule has 0 saturated carbocycles. The standard InChI is InChI=1S/C62H115NO5/c1-3-5-7-9-11-13-15-17-18-27-31-34-38-42-46-50-54-60(65)59(58-64)63-61(66)55-51-47-43-39-35-32-28-25-23-21-19-20-22-24-26-29-33-37-41-45-49-53-57-68-62(67)56-52-48-44-40-36-30-16-14-12-10-8-6-4-2/h8,10,14,16,21,23,50,54,59-60,64-65H,3-7,9,11-13,15,17-20,22,24-49,51-53,55-58H2,1-2H3,(H,63,66)/b10-8-,16-14-,23-21-,54-50+. The lowest BCUT2D eigenvalue weighted by Crippen LogP contribution is -2.45. The summed E-state index contributed by atoms with van der Waals surface area (Å²) in [6.45, 7) is 4.83. The molecule has 3 N–H and O–H groups in total. The molecular weight excluding hydrogens is 839 g/mol. The van der Waals surface area contributed by atoms with Crippen molar-refractivity contribution in [1.82, 2.24) is 5.32 Å². The van der Waals surface area contributed by atoms with Crippen molar-refractivity contribution in [2.75, 3.05) is 13.2 Å². The number of ether oxygens (including phenoxy) is 1. The number of amides is 1. The average Bonchev–Trinajstić information content (AvgIpc) is 3.34. The van der Waals surface area contributed by atoms with Gasteiger partial charge in [-0.1, -0.05) is 262 Å². The molecule has 0 aliphatic carbocycles. The molecule has 0 bridgehead atoms. The second kappa shape index (κ2) is 57.4. The second-order valence-electron chi connectivity index (χ2n) is 20.3. The fourth-order valence-corrected chi connectivity index (χ4v) is 8.96. The predicted molar refractivity (Wildman–Crippen MR) is 296 cm³/mol. The Morgan fingerprint density at radius 2 is 0.765 bits per heavy atom. The number of aliphatic hydroxyl groups is 2. The molecule has 68 heavy (non-hydrogen) atoms. The molecule has 2 atom stereocenters. The van der Waals surface area contributed by atoms with Crippen LogP contribution in [0.4, 0.5) is 0 Å². The number of unbranched alkanes of at least 4 members (excludes halogenated alkanes) is 38. The summed E-state index contributed by atoms with van der Waals surface area (Å²) in [5, 5.41) is 23.1. The van der Waals surface area contributed by atoms with Crippen molar-refractivity contribution in [2.45, 2.75) is 321 Å². The first-order valence-corrected chi connectivity index (χ1v) is 29.9. The number of allylic oxidation sites excluding steroid dienone is 7. The zero-order chi connectivity index (χ0) is 49.3. The van der Waals surface area contributed by atoms with E-state index in [4.69, 9.17) is 4.74 Å². The molecule has 398 valence electrons. The number of carbonyl (C=O) groups excluding carboxylic acids is 2. The molecule has 0 aromatic heterocycles. The molecule has 0 radical (unpaired) electrons. The molecule has 0 aromatic carbocycles. The van der Waals surface area contributed by atoms with Crippen molar-refractivity contribution in [2.24, 2.45) is 0 Å². The highest BCUT2D eigenvalue weighted by molar-refractivity contribution is 5.76. The molecule has 0 fully saturated rings. The van der Waals surface area contributed by atoms with Crippen LogP contribution in [-0.4, -0.2) is 47.4 Å². The summed E-state index contributed by atoms with van der Waals surface area (Å²) in [6.07, 6.45) is 72.8. The minimum absolute atomic E-state index is 0.00645. The Bertz CT molecular complexity index is 1150. The van der Waals surface area contributed by atoms with E-state index >= 15 is 0 Å². The number of hydrogen-bond donors (Lipinski definition) is 3. The minimum atomic E-state index is -0.849. The van der Waals surface area contributed by atoms with Gasteiger partial charge in [-0.05, 0) is 83.5 Å². The Kier molecular flexibility index (Phi) is 55.6. The van der Waals surface area contributed by atoms with Gasteiger partial charge >= 0.3 is 5.97 Å². The Balaban J connectivity index is 3.46. The summed E-state index contributed by atoms with van der Waals surface area (Å²) in [4.78, 5) is 24.5. The number of esters is 1. The number of hydrogen-bond acceptors (Lipinski definition) is 5. The van der Waals surface area contributed by atoms with Crippen LogP contribution in [0.15, 0.2) is 48.6 Å². The number of aliphatic hydroxyl groups excluding tert-OH is 2. The maximum Gasteiger partial charge on any atom is 0.305 e. The van der Waals surface area contributed by atoms with Crippen LogP contribution in [0.25, 0.3) is 0 Å². The number of rotatable bonds is 55. The van der Waals surface area contributed by atoms with Gasteiger partial charge in [0.1, 0.15) is 0 Å². The van der Waals surface area contributed by atoms with Crippen LogP contribution in [-0.2, 0) is 14.3 Å². The molecule has 0 aliphatic heterocycles. The van der Waals surface area contributed by atoms with Crippen molar-refractivity contribution in [1.29, 1.82) is 0 Å². The van der Waals surface area contributed by atoms with E-state index in [0.717, 1.165) is 57.8 Å². The molecule has 1 amide bonds. The zero-order valence-electron chi connectivity index (χ0n) is 45.3. The Labute approximate surface area is 423 Å². The Morgan fingerprint density at radius 1 is 0.412 bits per heavy atom. The van der Waals surface area contributed by atoms with Crippen LogP contribution in [0.5, 0.6) is 0 Å². The van der Waals surface area contributed by atoms with E-state index < -0.39 is 12.1 Å². The van der Waals surface area contributed by atoms with Crippen LogP contribution in [0.2, 0.25) is 0 Å². The van der Waals surface area contributed by atoms with Gasteiger partial charge in [-0.25, -0.2) is 0 Å². The molecule has 6 nitrogen and oxygen atoms in total. The second-order valence-corrected chi connectivity index (χ2v) is 20.3. The van der Waals surface area contributed by atoms with Crippen molar-refractivity contribution < 1.29 is 24.5 Å². The van der Waals surface area contributed by atoms with Crippen molar-refractivity contribution in [3.05, 3.63) is 48.6 Å². The summed E-state index contributed by atoms with van der Waals surface area (Å²) < 4.78 is 5.46. The Morgan fingerprint density at radius 3 is 1.19 bits per heavy atom. The largest absolute Gasteiger partial charge is 0.466 e. The summed E-state index contributed by atoms with van der Waals surface area (Å²) in [5.41, 5.74) is 0. The fourth-order valence-electron chi connectivity index (χ4n) is 8.96. The first kappa shape index (κ1) is 65.8. The lowest BCUT2D eigenvalue weighted by molar-refractivity contribution is -0.143. The summed E-state index contributed by atoms with van der Waals surface area (Å²) in [7, 11) is 0. The van der Waals surface area contributed by atoms with Gasteiger partial charge in [-0.2, -0.15) is 0 Å². The van der Waals surface area contributed by atoms with E-state index in [1.807, 2.05) is 6.08 Å². The van der Waals surface area contributed by atoms with Gasteiger partial charge < -0.3 is 20.3 Å². The van der Waals surface area contributed by atoms with Gasteiger partial charge in [0, 0.05) is 12.8 Å². The third-order valence-corrected chi connectivity index (χ3v) is 13.5. The molecule has 0 aliphatic rings. The van der Waals surface area contributed by atoms with Crippen molar-refractivity contribution in [3.8, 4) is 0 Å². The van der Waals surface area contributed by atoms with Crippen molar-refractivity contribution in [3.63, 3.8) is 0 Å². The van der Waals surface area contributed by atoms with Gasteiger partial charge in [-0.15, -0.1) is 0 Å². The molecule has 6 heteroatoms. The monoisotopic (exact) mass is 954 g/mol. The van der Waals surface area contributed by atoms with E-state index in [2.05, 4.69) is 55.6 Å². The summed E-state index contributed by atoms with van der Waals surface area (Å²) in [5.74, 6) is -0.0810. The molecule has 0 rings (SSSR count). The highest BCUT2D eigenvalue weighted by atomic mass is 16.5. The Hall–Kier alpha value is -2.18. The molecule has 2 unspecified atom stereocenters. The average molecular weight is 955 g/mol. The van der Waals surface area contributed by atoms with Crippen LogP contribution in [0.1, 0.15) is 309 Å². The lowest BCUT2D eigenvalue weighted by Gasteiger charge is -2.20. The quantitative estimate of drug-likeness (QED) is 0.0321. The van der Waals surface area contributed by atoms with Crippen LogP contribution >= 0.6 is 0 Å². The highest BCUT2D eigenvalue weighted by Crippen LogP contribution is 2.16. The van der Waals surface area contributed by atoms with Crippen LogP contribution in [0, 0.1) is 0 Å². The zero-order valence-corrected chi connectivity index (χ0v) is 45.3. The van der Waals surface area contributed by atoms with Gasteiger partial charge in [0.05, 0.1) is 25.4 Å². The van der Waals surface area contributed by atoms with Gasteiger partial charge in [0.15, 0.2) is 0 Å². The number of carbonyl (C=O) groups is 2. The fraction of sp³-hybridized carbons (Fsp3) is 0.839. The smallest absolute Gasteiger partial charge is 0.305 e. The van der Waals surface area contributed by atoms with E-state index in [0.29, 0.717) is 19.4 Å². The van der Waals surface area contributed by atoms with Crippen molar-refractivity contribution >= 4 is 11.9 Å². The van der Waals surface area contributed by atoms with E-state index in [1.54, 1.807) is 6.08 Å². The lowest BCUT2D eigenvalue weighted by atomic mass is 10.0. The summed E-state index contributed by atoms with van der Waals surface area (Å²) in [6, 6.07) is -0.634. The van der Waals surface area contributed by atoms with Gasteiger partial charge in [0.25, 0.3) is 0 Å². The first-order valence-electron chi connectivity index (χ1n) is 29.9. The topological polar surface area (TPSA) is 95.9 Å². The first-order chi connectivity index (χ1) is 33.5. The highest BCUT2D eigenvalue weighted by Gasteiger charge is 2.18. The minimum Gasteiger partial charge on any atom is -0.466 e. The predicted octanol–water partition coefficient (Wildman–Crippen LogP) is 18.6. The van der Waals surface area contributed by atoms with Crippen LogP contribution < -0.4 is 5.32 Å². The SMILES string of the molecule is CCC/C=C\C/C=C\CCCCCCCC(=O)OCCCCCCCCCCCCC/C=C\CCCCCCCCCC(=O)NC(CO)C(O)/C=C/CCCCCCCCCCCCCCCC. The molecule has 0 heterocycles. The molecule has 0 saturated heterocycles. The molecule has 0 aromatic rings. The molecule has 0 spiro atoms. The van der Waals surface area contributed by atoms with Crippen LogP contribution in [0.3, 0.4) is 0 Å². The van der Waals surface area contributed by atoms with E-state index in [-0.39, 0.29) is 18.5 Å². The van der Waals surface area contributed by atoms with E-state index in [1.165, 1.54) is 225 Å². The molecular formula is C62H115NO5. The third-order valence-electron chi connectivity index (χ3n) is 13.5.